The molecule has 0 unspecified atom stereocenters. The number of halogens is 1. The molecule has 5 nitrogen and oxygen atoms in total. The number of nitrogens with zero attached hydrogens (tertiary/aromatic N) is 2. The molecule has 20 heavy (non-hydrogen) atoms. The van der Waals surface area contributed by atoms with Gasteiger partial charge in [-0.3, -0.25) is 4.79 Å². The largest absolute Gasteiger partial charge is 0.483 e. The van der Waals surface area contributed by atoms with Gasteiger partial charge < -0.3 is 9.64 Å². The monoisotopic (exact) mass is 297 g/mol. The third-order valence-corrected chi connectivity index (χ3v) is 3.91. The lowest BCUT2D eigenvalue weighted by molar-refractivity contribution is -0.429. The van der Waals surface area contributed by atoms with E-state index in [1.54, 1.807) is 17.0 Å². The van der Waals surface area contributed by atoms with Gasteiger partial charge in [0.25, 0.3) is 5.69 Å². The molecular weight excluding hydrogens is 280 g/mol. The van der Waals surface area contributed by atoms with Crippen LogP contribution in [0.2, 0.25) is 5.02 Å². The van der Waals surface area contributed by atoms with Crippen molar-refractivity contribution in [1.82, 2.24) is 4.90 Å². The number of amides is 1. The van der Waals surface area contributed by atoms with E-state index in [1.807, 2.05) is 6.92 Å². The van der Waals surface area contributed by atoms with Crippen molar-refractivity contribution in [3.05, 3.63) is 27.6 Å². The van der Waals surface area contributed by atoms with Gasteiger partial charge in [0.2, 0.25) is 6.41 Å². The van der Waals surface area contributed by atoms with Gasteiger partial charge in [-0.15, -0.1) is 0 Å². The van der Waals surface area contributed by atoms with Crippen LogP contribution in [0.25, 0.3) is 0 Å². The molecule has 0 spiro atoms. The molecule has 1 fully saturated rings. The highest BCUT2D eigenvalue weighted by molar-refractivity contribution is 6.31. The molecule has 0 aromatic heterocycles. The Kier molecular flexibility index (Phi) is 4.60. The summed E-state index contributed by atoms with van der Waals surface area (Å²) in [4.78, 5) is 24.0. The Balaban J connectivity index is 2.15. The lowest BCUT2D eigenvalue weighted by atomic mass is 10.1. The fourth-order valence-electron chi connectivity index (χ4n) is 2.27. The smallest absolute Gasteiger partial charge is 0.297 e. The zero-order valence-corrected chi connectivity index (χ0v) is 12.4. The highest BCUT2D eigenvalue weighted by Crippen LogP contribution is 2.34. The zero-order chi connectivity index (χ0) is 14.7. The first-order chi connectivity index (χ1) is 9.51. The minimum atomic E-state index is 0.00340. The van der Waals surface area contributed by atoms with Gasteiger partial charge in [-0.2, -0.15) is 0 Å². The van der Waals surface area contributed by atoms with Gasteiger partial charge in [0, 0.05) is 52.8 Å². The summed E-state index contributed by atoms with van der Waals surface area (Å²) in [5.41, 5.74) is 1.32. The molecule has 2 rings (SSSR count). The summed E-state index contributed by atoms with van der Waals surface area (Å²) in [7, 11) is 1.44. The molecule has 6 heteroatoms. The van der Waals surface area contributed by atoms with Gasteiger partial charge >= 0.3 is 0 Å². The van der Waals surface area contributed by atoms with Crippen LogP contribution in [0.5, 0.6) is 5.75 Å². The number of likely N-dealkylation sites (tertiary alicyclic amines) is 1. The molecule has 1 aromatic carbocycles. The third kappa shape index (κ3) is 3.28. The number of piperidine rings is 1. The molecule has 0 bridgehead atoms. The van der Waals surface area contributed by atoms with E-state index in [-0.39, 0.29) is 6.10 Å². The van der Waals surface area contributed by atoms with Crippen molar-refractivity contribution in [3.63, 3.8) is 0 Å². The van der Waals surface area contributed by atoms with E-state index in [4.69, 9.17) is 16.3 Å². The van der Waals surface area contributed by atoms with Crippen LogP contribution in [0.4, 0.5) is 5.69 Å². The molecule has 0 radical (unpaired) electrons. The quantitative estimate of drug-likeness (QED) is 0.634. The topological polar surface area (TPSA) is 49.6 Å². The summed E-state index contributed by atoms with van der Waals surface area (Å²) in [6.45, 7) is 3.20. The van der Waals surface area contributed by atoms with Crippen molar-refractivity contribution >= 4 is 23.7 Å². The maximum atomic E-state index is 11.6. The van der Waals surface area contributed by atoms with Crippen LogP contribution in [0.1, 0.15) is 18.4 Å². The van der Waals surface area contributed by atoms with Crippen molar-refractivity contribution in [3.8, 4) is 5.75 Å². The first-order valence-corrected chi connectivity index (χ1v) is 6.96. The van der Waals surface area contributed by atoms with Crippen LogP contribution >= 0.6 is 11.6 Å². The van der Waals surface area contributed by atoms with E-state index in [1.165, 1.54) is 7.05 Å². The summed E-state index contributed by atoms with van der Waals surface area (Å²) in [6, 6.07) is 3.41. The lowest BCUT2D eigenvalue weighted by Crippen LogP contribution is -2.37. The van der Waals surface area contributed by atoms with Crippen molar-refractivity contribution in [2.45, 2.75) is 25.9 Å². The fourth-order valence-corrected chi connectivity index (χ4v) is 2.42. The second-order valence-corrected chi connectivity index (χ2v) is 5.43. The second kappa shape index (κ2) is 6.22. The number of hydrogen-bond donors (Lipinski definition) is 0. The Bertz CT molecular complexity index is 525. The summed E-state index contributed by atoms with van der Waals surface area (Å²) < 4.78 is 6.68. The highest BCUT2D eigenvalue weighted by Gasteiger charge is 2.24. The van der Waals surface area contributed by atoms with E-state index in [0.29, 0.717) is 29.5 Å². The molecule has 1 aliphatic rings. The number of benzene rings is 1. The number of ether oxygens (including phenoxy) is 1. The molecular formula is C14H18ClN2O3+. The molecule has 1 amide bonds. The normalized spacial score (nSPS) is 16.1. The van der Waals surface area contributed by atoms with E-state index in [0.717, 1.165) is 29.6 Å². The SMILES string of the molecule is Cc1cc([N+](C)=O)c(OC2CCN(C=O)CC2)cc1Cl. The second-order valence-electron chi connectivity index (χ2n) is 5.03. The maximum absolute atomic E-state index is 11.6. The Morgan fingerprint density at radius 2 is 2.05 bits per heavy atom. The standard InChI is InChI=1S/C14H18ClN2O3/c1-10-7-13(16(2)19)14(8-12(10)15)20-11-3-5-17(9-18)6-4-11/h7-9,11H,3-6H2,1-2H3/q+1. The summed E-state index contributed by atoms with van der Waals surface area (Å²) in [6.07, 6.45) is 2.37. The number of carbonyl (C=O) groups excluding carboxylic acids is 1. The Hall–Kier alpha value is -1.62. The first-order valence-electron chi connectivity index (χ1n) is 6.58. The van der Waals surface area contributed by atoms with Gasteiger partial charge in [0.1, 0.15) is 6.10 Å². The predicted molar refractivity (Wildman–Crippen MR) is 76.7 cm³/mol. The lowest BCUT2D eigenvalue weighted by Gasteiger charge is -2.29. The molecule has 0 saturated carbocycles. The van der Waals surface area contributed by atoms with Gasteiger partial charge in [0.05, 0.1) is 0 Å². The number of nitroso groups, excluding NO2 is 1. The molecule has 108 valence electrons. The van der Waals surface area contributed by atoms with Crippen molar-refractivity contribution < 1.29 is 14.3 Å². The summed E-state index contributed by atoms with van der Waals surface area (Å²) in [5, 5.41) is 0.580. The molecule has 0 aliphatic carbocycles. The average Bonchev–Trinajstić information content (AvgIpc) is 2.43. The predicted octanol–water partition coefficient (Wildman–Crippen LogP) is 2.69. The van der Waals surface area contributed by atoms with Crippen molar-refractivity contribution in [2.75, 3.05) is 20.1 Å². The molecule has 1 heterocycles. The van der Waals surface area contributed by atoms with Crippen molar-refractivity contribution in [2.24, 2.45) is 0 Å². The minimum absolute atomic E-state index is 0.00340. The van der Waals surface area contributed by atoms with E-state index < -0.39 is 0 Å². The van der Waals surface area contributed by atoms with Crippen LogP contribution in [-0.2, 0) is 4.79 Å². The Labute approximate surface area is 123 Å². The number of aryl methyl sites for hydroxylation is 1. The minimum Gasteiger partial charge on any atom is -0.483 e. The van der Waals surface area contributed by atoms with Crippen molar-refractivity contribution in [1.29, 1.82) is 0 Å². The molecule has 1 aromatic rings. The van der Waals surface area contributed by atoms with Gasteiger partial charge in [0.15, 0.2) is 12.8 Å². The van der Waals surface area contributed by atoms with Crippen LogP contribution < -0.4 is 4.74 Å². The maximum Gasteiger partial charge on any atom is 0.297 e. The fraction of sp³-hybridized carbons (Fsp3) is 0.500. The van der Waals surface area contributed by atoms with Crippen LogP contribution in [0, 0.1) is 11.8 Å². The third-order valence-electron chi connectivity index (χ3n) is 3.50. The first kappa shape index (κ1) is 14.8. The summed E-state index contributed by atoms with van der Waals surface area (Å²) in [5.74, 6) is 0.502. The van der Waals surface area contributed by atoms with Crippen LogP contribution in [0.3, 0.4) is 0 Å². The van der Waals surface area contributed by atoms with Gasteiger partial charge in [-0.25, -0.2) is 0 Å². The van der Waals surface area contributed by atoms with E-state index in [2.05, 4.69) is 0 Å². The highest BCUT2D eigenvalue weighted by atomic mass is 35.5. The summed E-state index contributed by atoms with van der Waals surface area (Å²) >= 11 is 6.10. The van der Waals surface area contributed by atoms with Gasteiger partial charge in [-0.05, 0) is 12.5 Å². The molecule has 1 saturated heterocycles. The molecule has 1 aliphatic heterocycles. The number of carbonyl (C=O) groups is 1. The molecule has 0 atom stereocenters. The Morgan fingerprint density at radius 3 is 2.60 bits per heavy atom. The zero-order valence-electron chi connectivity index (χ0n) is 11.6. The van der Waals surface area contributed by atoms with E-state index >= 15 is 0 Å². The van der Waals surface area contributed by atoms with E-state index in [9.17, 15) is 9.70 Å². The number of hydrogen-bond acceptors (Lipinski definition) is 3. The number of rotatable bonds is 4. The van der Waals surface area contributed by atoms with Gasteiger partial charge in [-0.1, -0.05) is 11.6 Å². The average molecular weight is 298 g/mol. The Morgan fingerprint density at radius 1 is 1.40 bits per heavy atom. The van der Waals surface area contributed by atoms with Crippen LogP contribution in [0.15, 0.2) is 12.1 Å². The molecule has 0 N–H and O–H groups in total. The van der Waals surface area contributed by atoms with Crippen LogP contribution in [-0.4, -0.2) is 42.3 Å².